The third-order valence-corrected chi connectivity index (χ3v) is 3.20. The average molecular weight is 315 g/mol. The number of nitrogens with zero attached hydrogens (tertiary/aromatic N) is 2. The van der Waals surface area contributed by atoms with Crippen LogP contribution in [0.3, 0.4) is 0 Å². The van der Waals surface area contributed by atoms with Crippen LogP contribution in [-0.4, -0.2) is 50.7 Å². The Hall–Kier alpha value is -1.47. The quantitative estimate of drug-likeness (QED) is 0.776. The van der Waals surface area contributed by atoms with Crippen molar-refractivity contribution in [3.8, 4) is 0 Å². The Morgan fingerprint density at radius 2 is 2.17 bits per heavy atom. The molecule has 96 valence electrons. The molecule has 1 aromatic rings. The molecule has 1 amide bonds. The van der Waals surface area contributed by atoms with Gasteiger partial charge in [-0.05, 0) is 28.1 Å². The third kappa shape index (κ3) is 2.51. The van der Waals surface area contributed by atoms with Crippen LogP contribution in [0.25, 0.3) is 0 Å². The van der Waals surface area contributed by atoms with Crippen molar-refractivity contribution >= 4 is 27.8 Å². The lowest BCUT2D eigenvalue weighted by Crippen LogP contribution is -2.40. The lowest BCUT2D eigenvalue weighted by molar-refractivity contribution is -0.141. The number of rotatable bonds is 2. The van der Waals surface area contributed by atoms with E-state index in [0.29, 0.717) is 4.60 Å². The van der Waals surface area contributed by atoms with E-state index in [-0.39, 0.29) is 18.7 Å². The van der Waals surface area contributed by atoms with Crippen molar-refractivity contribution in [1.82, 2.24) is 9.88 Å². The van der Waals surface area contributed by atoms with Crippen LogP contribution >= 0.6 is 15.9 Å². The average Bonchev–Trinajstić information content (AvgIpc) is 2.70. The van der Waals surface area contributed by atoms with Gasteiger partial charge >= 0.3 is 5.97 Å². The minimum absolute atomic E-state index is 0.0179. The Labute approximate surface area is 111 Å². The van der Waals surface area contributed by atoms with Crippen LogP contribution in [0.4, 0.5) is 0 Å². The molecule has 2 atom stereocenters. The highest BCUT2D eigenvalue weighted by molar-refractivity contribution is 9.10. The summed E-state index contributed by atoms with van der Waals surface area (Å²) in [5, 5.41) is 18.5. The van der Waals surface area contributed by atoms with Gasteiger partial charge in [0, 0.05) is 13.0 Å². The first kappa shape index (κ1) is 13.0. The fourth-order valence-corrected chi connectivity index (χ4v) is 2.29. The Morgan fingerprint density at radius 3 is 2.78 bits per heavy atom. The minimum atomic E-state index is -1.12. The van der Waals surface area contributed by atoms with E-state index in [0.717, 1.165) is 4.90 Å². The van der Waals surface area contributed by atoms with Gasteiger partial charge in [-0.15, -0.1) is 0 Å². The molecule has 1 saturated heterocycles. The van der Waals surface area contributed by atoms with Crippen LogP contribution in [-0.2, 0) is 4.79 Å². The number of likely N-dealkylation sites (tertiary alicyclic amines) is 1. The summed E-state index contributed by atoms with van der Waals surface area (Å²) in [6.45, 7) is 0.0179. The second-order valence-corrected chi connectivity index (χ2v) is 4.86. The summed E-state index contributed by atoms with van der Waals surface area (Å²) < 4.78 is 0.500. The van der Waals surface area contributed by atoms with E-state index in [1.165, 1.54) is 6.07 Å². The maximum absolute atomic E-state index is 12.1. The number of hydrogen-bond donors (Lipinski definition) is 2. The first-order chi connectivity index (χ1) is 8.49. The van der Waals surface area contributed by atoms with Crippen molar-refractivity contribution in [1.29, 1.82) is 0 Å². The number of amides is 1. The van der Waals surface area contributed by atoms with Gasteiger partial charge in [0.15, 0.2) is 0 Å². The van der Waals surface area contributed by atoms with Crippen LogP contribution in [0.5, 0.6) is 0 Å². The van der Waals surface area contributed by atoms with Crippen molar-refractivity contribution in [3.63, 3.8) is 0 Å². The second kappa shape index (κ2) is 5.03. The van der Waals surface area contributed by atoms with Gasteiger partial charge in [-0.25, -0.2) is 9.78 Å². The summed E-state index contributed by atoms with van der Waals surface area (Å²) >= 11 is 3.15. The van der Waals surface area contributed by atoms with Gasteiger partial charge in [0.1, 0.15) is 16.3 Å². The van der Waals surface area contributed by atoms with Gasteiger partial charge in [0.2, 0.25) is 0 Å². The van der Waals surface area contributed by atoms with E-state index >= 15 is 0 Å². The molecule has 2 rings (SSSR count). The molecule has 7 heteroatoms. The van der Waals surface area contributed by atoms with E-state index < -0.39 is 24.0 Å². The molecule has 1 aromatic heterocycles. The van der Waals surface area contributed by atoms with E-state index in [1.807, 2.05) is 0 Å². The Balaban J connectivity index is 2.25. The maximum atomic E-state index is 12.1. The van der Waals surface area contributed by atoms with E-state index in [1.54, 1.807) is 12.1 Å². The molecule has 0 bridgehead atoms. The highest BCUT2D eigenvalue weighted by atomic mass is 79.9. The molecule has 0 saturated carbocycles. The lowest BCUT2D eigenvalue weighted by Gasteiger charge is -2.20. The number of aromatic nitrogens is 1. The van der Waals surface area contributed by atoms with Crippen molar-refractivity contribution in [2.45, 2.75) is 18.6 Å². The van der Waals surface area contributed by atoms with Gasteiger partial charge in [-0.1, -0.05) is 6.07 Å². The van der Waals surface area contributed by atoms with Gasteiger partial charge in [0.05, 0.1) is 6.10 Å². The predicted octanol–water partition coefficient (Wildman–Crippen LogP) is 0.504. The van der Waals surface area contributed by atoms with Crippen LogP contribution in [0, 0.1) is 0 Å². The first-order valence-corrected chi connectivity index (χ1v) is 6.12. The minimum Gasteiger partial charge on any atom is -0.480 e. The van der Waals surface area contributed by atoms with Crippen LogP contribution in [0.1, 0.15) is 16.9 Å². The Kier molecular flexibility index (Phi) is 3.63. The number of pyridine rings is 1. The molecular weight excluding hydrogens is 304 g/mol. The number of carbonyl (C=O) groups excluding carboxylic acids is 1. The number of carbonyl (C=O) groups is 2. The Morgan fingerprint density at radius 1 is 1.44 bits per heavy atom. The van der Waals surface area contributed by atoms with Gasteiger partial charge < -0.3 is 15.1 Å². The smallest absolute Gasteiger partial charge is 0.326 e. The number of halogens is 1. The van der Waals surface area contributed by atoms with Crippen molar-refractivity contribution < 1.29 is 19.8 Å². The monoisotopic (exact) mass is 314 g/mol. The zero-order valence-electron chi connectivity index (χ0n) is 9.28. The predicted molar refractivity (Wildman–Crippen MR) is 65.0 cm³/mol. The normalized spacial score (nSPS) is 23.1. The summed E-state index contributed by atoms with van der Waals surface area (Å²) in [6.07, 6.45) is -0.753. The Bertz CT molecular complexity index is 494. The summed E-state index contributed by atoms with van der Waals surface area (Å²) in [6, 6.07) is 3.83. The molecular formula is C11H11BrN2O4. The summed E-state index contributed by atoms with van der Waals surface area (Å²) in [5.74, 6) is -1.60. The van der Waals surface area contributed by atoms with Crippen molar-refractivity contribution in [2.24, 2.45) is 0 Å². The van der Waals surface area contributed by atoms with Crippen LogP contribution in [0.15, 0.2) is 22.8 Å². The third-order valence-electron chi connectivity index (χ3n) is 2.76. The summed E-state index contributed by atoms with van der Waals surface area (Å²) in [7, 11) is 0. The van der Waals surface area contributed by atoms with Crippen molar-refractivity contribution in [3.05, 3.63) is 28.5 Å². The number of aliphatic carboxylic acids is 1. The molecule has 2 heterocycles. The van der Waals surface area contributed by atoms with Gasteiger partial charge in [-0.3, -0.25) is 4.79 Å². The molecule has 18 heavy (non-hydrogen) atoms. The van der Waals surface area contributed by atoms with Crippen LogP contribution in [0.2, 0.25) is 0 Å². The maximum Gasteiger partial charge on any atom is 0.326 e. The number of β-amino-alcohol motifs (C(OH)–C–C–N with tert-alkyl or cyclic N) is 1. The molecule has 0 radical (unpaired) electrons. The molecule has 2 N–H and O–H groups in total. The molecule has 1 aliphatic heterocycles. The fourth-order valence-electron chi connectivity index (χ4n) is 1.95. The lowest BCUT2D eigenvalue weighted by atomic mass is 10.2. The zero-order chi connectivity index (χ0) is 13.3. The highest BCUT2D eigenvalue weighted by Gasteiger charge is 2.39. The van der Waals surface area contributed by atoms with Crippen LogP contribution < -0.4 is 0 Å². The second-order valence-electron chi connectivity index (χ2n) is 4.05. The molecule has 0 spiro atoms. The zero-order valence-corrected chi connectivity index (χ0v) is 10.9. The number of hydrogen-bond acceptors (Lipinski definition) is 4. The number of carboxylic acids is 1. The molecule has 0 unspecified atom stereocenters. The fraction of sp³-hybridized carbons (Fsp3) is 0.364. The van der Waals surface area contributed by atoms with Gasteiger partial charge in [0.25, 0.3) is 5.91 Å². The summed E-state index contributed by atoms with van der Waals surface area (Å²) in [5.41, 5.74) is 0.157. The largest absolute Gasteiger partial charge is 0.480 e. The standard InChI is InChI=1S/C11H11BrN2O4/c12-9-3-1-2-7(13-9)10(16)14-5-6(15)4-8(14)11(17)18/h1-3,6,8,15H,4-5H2,(H,17,18)/t6-,8-/m0/s1. The molecule has 1 aliphatic rings. The molecule has 0 aromatic carbocycles. The highest BCUT2D eigenvalue weighted by Crippen LogP contribution is 2.20. The van der Waals surface area contributed by atoms with E-state index in [4.69, 9.17) is 5.11 Å². The van der Waals surface area contributed by atoms with E-state index in [9.17, 15) is 14.7 Å². The molecule has 6 nitrogen and oxygen atoms in total. The molecule has 0 aliphatic carbocycles. The van der Waals surface area contributed by atoms with E-state index in [2.05, 4.69) is 20.9 Å². The van der Waals surface area contributed by atoms with Gasteiger partial charge in [-0.2, -0.15) is 0 Å². The summed E-state index contributed by atoms with van der Waals surface area (Å²) in [4.78, 5) is 28.3. The van der Waals surface area contributed by atoms with Crippen molar-refractivity contribution in [2.75, 3.05) is 6.54 Å². The number of carboxylic acid groups (broad SMARTS) is 1. The SMILES string of the molecule is O=C(O)[C@@H]1C[C@H](O)CN1C(=O)c1cccc(Br)n1. The number of aliphatic hydroxyl groups excluding tert-OH is 1. The topological polar surface area (TPSA) is 90.7 Å². The number of aliphatic hydroxyl groups is 1. The first-order valence-electron chi connectivity index (χ1n) is 5.33. The molecule has 1 fully saturated rings.